The molecule has 0 aliphatic heterocycles. The fourth-order valence-electron chi connectivity index (χ4n) is 1.07. The van der Waals surface area contributed by atoms with Crippen molar-refractivity contribution in [3.63, 3.8) is 0 Å². The van der Waals surface area contributed by atoms with E-state index in [0.717, 1.165) is 12.1 Å². The molecular formula is C10H12ClF2NO2. The molecule has 0 aromatic heterocycles. The van der Waals surface area contributed by atoms with E-state index in [4.69, 9.17) is 0 Å². The molecule has 1 unspecified atom stereocenters. The molecular weight excluding hydrogens is 240 g/mol. The highest BCUT2D eigenvalue weighted by molar-refractivity contribution is 5.85. The first-order chi connectivity index (χ1) is 7.04. The molecule has 0 saturated heterocycles. The van der Waals surface area contributed by atoms with Crippen molar-refractivity contribution in [3.8, 4) is 0 Å². The van der Waals surface area contributed by atoms with Gasteiger partial charge in [0.15, 0.2) is 11.6 Å². The Morgan fingerprint density at radius 3 is 2.50 bits per heavy atom. The Morgan fingerprint density at radius 1 is 1.38 bits per heavy atom. The molecule has 0 amide bonds. The summed E-state index contributed by atoms with van der Waals surface area (Å²) in [6.07, 6.45) is 0. The molecule has 0 bridgehead atoms. The van der Waals surface area contributed by atoms with Crippen LogP contribution >= 0.6 is 12.4 Å². The topological polar surface area (TPSA) is 38.3 Å². The van der Waals surface area contributed by atoms with Gasteiger partial charge in [-0.2, -0.15) is 0 Å². The van der Waals surface area contributed by atoms with Crippen LogP contribution in [-0.2, 0) is 9.53 Å². The highest BCUT2D eigenvalue weighted by Crippen LogP contribution is 2.14. The fraction of sp³-hybridized carbons (Fsp3) is 0.300. The number of esters is 1. The first-order valence-corrected chi connectivity index (χ1v) is 4.34. The lowest BCUT2D eigenvalue weighted by atomic mass is 10.2. The Labute approximate surface area is 98.2 Å². The van der Waals surface area contributed by atoms with Crippen LogP contribution < -0.4 is 5.32 Å². The number of carbonyl (C=O) groups excluding carboxylic acids is 1. The first kappa shape index (κ1) is 14.6. The first-order valence-electron chi connectivity index (χ1n) is 4.34. The normalized spacial score (nSPS) is 11.2. The van der Waals surface area contributed by atoms with E-state index in [1.807, 2.05) is 0 Å². The highest BCUT2D eigenvalue weighted by Gasteiger charge is 2.13. The number of halogens is 3. The van der Waals surface area contributed by atoms with Gasteiger partial charge in [-0.25, -0.2) is 13.6 Å². The lowest BCUT2D eigenvalue weighted by Crippen LogP contribution is -2.27. The Morgan fingerprint density at radius 2 is 2.00 bits per heavy atom. The summed E-state index contributed by atoms with van der Waals surface area (Å²) in [5.41, 5.74) is 0.326. The van der Waals surface area contributed by atoms with Crippen molar-refractivity contribution in [2.75, 3.05) is 12.4 Å². The zero-order chi connectivity index (χ0) is 11.4. The van der Waals surface area contributed by atoms with Crippen LogP contribution in [0.1, 0.15) is 6.92 Å². The number of carbonyl (C=O) groups is 1. The molecule has 0 spiro atoms. The van der Waals surface area contributed by atoms with Crippen molar-refractivity contribution in [1.82, 2.24) is 0 Å². The van der Waals surface area contributed by atoms with Crippen LogP contribution in [0.2, 0.25) is 0 Å². The number of hydrogen-bond donors (Lipinski definition) is 1. The van der Waals surface area contributed by atoms with Crippen molar-refractivity contribution in [3.05, 3.63) is 29.8 Å². The summed E-state index contributed by atoms with van der Waals surface area (Å²) in [6.45, 7) is 1.56. The van der Waals surface area contributed by atoms with E-state index in [1.165, 1.54) is 13.2 Å². The van der Waals surface area contributed by atoms with E-state index < -0.39 is 23.6 Å². The van der Waals surface area contributed by atoms with E-state index >= 15 is 0 Å². The van der Waals surface area contributed by atoms with Gasteiger partial charge in [0.2, 0.25) is 0 Å². The van der Waals surface area contributed by atoms with Crippen molar-refractivity contribution >= 4 is 24.1 Å². The summed E-state index contributed by atoms with van der Waals surface area (Å²) in [6, 6.07) is 2.70. The SMILES string of the molecule is COC(=O)C(C)Nc1ccc(F)c(F)c1.Cl. The smallest absolute Gasteiger partial charge is 0.327 e. The quantitative estimate of drug-likeness (QED) is 0.838. The Hall–Kier alpha value is -1.36. The van der Waals surface area contributed by atoms with E-state index in [-0.39, 0.29) is 12.4 Å². The molecule has 90 valence electrons. The third-order valence-electron chi connectivity index (χ3n) is 1.86. The summed E-state index contributed by atoms with van der Waals surface area (Å²) >= 11 is 0. The molecule has 3 nitrogen and oxygen atoms in total. The molecule has 16 heavy (non-hydrogen) atoms. The minimum absolute atomic E-state index is 0. The van der Waals surface area contributed by atoms with Crippen molar-refractivity contribution in [2.24, 2.45) is 0 Å². The van der Waals surface area contributed by atoms with Crippen LogP contribution in [0.4, 0.5) is 14.5 Å². The largest absolute Gasteiger partial charge is 0.467 e. The van der Waals surface area contributed by atoms with E-state index in [9.17, 15) is 13.6 Å². The maximum Gasteiger partial charge on any atom is 0.327 e. The molecule has 0 fully saturated rings. The van der Waals surface area contributed by atoms with Gasteiger partial charge in [0.1, 0.15) is 6.04 Å². The van der Waals surface area contributed by atoms with Gasteiger partial charge in [-0.1, -0.05) is 0 Å². The van der Waals surface area contributed by atoms with E-state index in [2.05, 4.69) is 10.1 Å². The summed E-state index contributed by atoms with van der Waals surface area (Å²) in [5, 5.41) is 2.68. The number of rotatable bonds is 3. The van der Waals surface area contributed by atoms with Crippen LogP contribution in [0.25, 0.3) is 0 Å². The monoisotopic (exact) mass is 251 g/mol. The van der Waals surface area contributed by atoms with Crippen molar-refractivity contribution in [1.29, 1.82) is 0 Å². The van der Waals surface area contributed by atoms with Gasteiger partial charge in [-0.15, -0.1) is 12.4 Å². The summed E-state index contributed by atoms with van der Waals surface area (Å²) in [5.74, 6) is -2.36. The third kappa shape index (κ3) is 3.66. The zero-order valence-corrected chi connectivity index (χ0v) is 9.61. The van der Waals surface area contributed by atoms with Crippen molar-refractivity contribution in [2.45, 2.75) is 13.0 Å². The molecule has 1 aromatic rings. The average Bonchev–Trinajstić information content (AvgIpc) is 2.22. The second-order valence-electron chi connectivity index (χ2n) is 3.02. The molecule has 1 aromatic carbocycles. The molecule has 6 heteroatoms. The number of methoxy groups -OCH3 is 1. The second kappa shape index (κ2) is 6.27. The lowest BCUT2D eigenvalue weighted by Gasteiger charge is -2.12. The molecule has 0 radical (unpaired) electrons. The molecule has 0 saturated carbocycles. The van der Waals surface area contributed by atoms with Crippen LogP contribution in [0.3, 0.4) is 0 Å². The minimum atomic E-state index is -0.961. The number of hydrogen-bond acceptors (Lipinski definition) is 3. The summed E-state index contributed by atoms with van der Waals surface area (Å²) < 4.78 is 29.8. The number of nitrogens with one attached hydrogen (secondary N) is 1. The summed E-state index contributed by atoms with van der Waals surface area (Å²) in [4.78, 5) is 11.0. The predicted molar refractivity (Wildman–Crippen MR) is 58.7 cm³/mol. The van der Waals surface area contributed by atoms with Crippen LogP contribution in [-0.4, -0.2) is 19.1 Å². The maximum atomic E-state index is 12.8. The van der Waals surface area contributed by atoms with Gasteiger partial charge in [-0.05, 0) is 19.1 Å². The zero-order valence-electron chi connectivity index (χ0n) is 8.79. The van der Waals surface area contributed by atoms with Crippen LogP contribution in [0.15, 0.2) is 18.2 Å². The molecule has 1 N–H and O–H groups in total. The Balaban J connectivity index is 0.00000225. The average molecular weight is 252 g/mol. The molecule has 1 atom stereocenters. The lowest BCUT2D eigenvalue weighted by molar-refractivity contribution is -0.141. The molecule has 0 heterocycles. The van der Waals surface area contributed by atoms with Gasteiger partial charge < -0.3 is 10.1 Å². The second-order valence-corrected chi connectivity index (χ2v) is 3.02. The van der Waals surface area contributed by atoms with E-state index in [0.29, 0.717) is 5.69 Å². The fourth-order valence-corrected chi connectivity index (χ4v) is 1.07. The molecule has 0 aliphatic rings. The maximum absolute atomic E-state index is 12.8. The van der Waals surface area contributed by atoms with Gasteiger partial charge in [0, 0.05) is 11.8 Å². The molecule has 0 aliphatic carbocycles. The third-order valence-corrected chi connectivity index (χ3v) is 1.86. The Kier molecular flexibility index (Phi) is 5.74. The predicted octanol–water partition coefficient (Wildman–Crippen LogP) is 2.36. The molecule has 1 rings (SSSR count). The highest BCUT2D eigenvalue weighted by atomic mass is 35.5. The standard InChI is InChI=1S/C10H11F2NO2.ClH/c1-6(10(14)15-2)13-7-3-4-8(11)9(12)5-7;/h3-6,13H,1-2H3;1H. The number of ether oxygens (including phenoxy) is 1. The van der Waals surface area contributed by atoms with Gasteiger partial charge in [0.05, 0.1) is 7.11 Å². The number of anilines is 1. The number of benzene rings is 1. The van der Waals surface area contributed by atoms with Gasteiger partial charge >= 0.3 is 5.97 Å². The van der Waals surface area contributed by atoms with Crippen LogP contribution in [0, 0.1) is 11.6 Å². The Bertz CT molecular complexity index is 374. The van der Waals surface area contributed by atoms with Gasteiger partial charge in [-0.3, -0.25) is 0 Å². The minimum Gasteiger partial charge on any atom is -0.467 e. The van der Waals surface area contributed by atoms with Crippen LogP contribution in [0.5, 0.6) is 0 Å². The summed E-state index contributed by atoms with van der Waals surface area (Å²) in [7, 11) is 1.26. The van der Waals surface area contributed by atoms with Crippen molar-refractivity contribution < 1.29 is 18.3 Å². The van der Waals surface area contributed by atoms with Gasteiger partial charge in [0.25, 0.3) is 0 Å². The van der Waals surface area contributed by atoms with E-state index in [1.54, 1.807) is 6.92 Å².